The van der Waals surface area contributed by atoms with Gasteiger partial charge < -0.3 is 9.64 Å². The van der Waals surface area contributed by atoms with Crippen molar-refractivity contribution < 1.29 is 14.3 Å². The summed E-state index contributed by atoms with van der Waals surface area (Å²) in [7, 11) is 0. The largest absolute Gasteiger partial charge is 0.491 e. The molecule has 1 aliphatic rings. The van der Waals surface area contributed by atoms with Gasteiger partial charge in [0.25, 0.3) is 5.91 Å². The number of carbonyl (C=O) groups is 2. The molecule has 1 saturated heterocycles. The Kier molecular flexibility index (Phi) is 5.11. The number of H-pyrrole nitrogens is 1. The van der Waals surface area contributed by atoms with Crippen LogP contribution in [-0.2, 0) is 0 Å². The van der Waals surface area contributed by atoms with Crippen LogP contribution < -0.4 is 4.74 Å². The zero-order valence-corrected chi connectivity index (χ0v) is 14.4. The van der Waals surface area contributed by atoms with Crippen molar-refractivity contribution in [2.75, 3.05) is 13.1 Å². The first-order valence-electron chi connectivity index (χ1n) is 8.50. The first-order chi connectivity index (χ1) is 12.0. The zero-order chi connectivity index (χ0) is 17.8. The number of rotatable bonds is 5. The molecule has 2 heterocycles. The summed E-state index contributed by atoms with van der Waals surface area (Å²) in [5.41, 5.74) is 0.622. The minimum atomic E-state index is -0.216. The Morgan fingerprint density at radius 1 is 1.36 bits per heavy atom. The average Bonchev–Trinajstić information content (AvgIpc) is 3.15. The molecule has 7 heteroatoms. The second kappa shape index (κ2) is 7.46. The van der Waals surface area contributed by atoms with Crippen LogP contribution in [0.25, 0.3) is 0 Å². The van der Waals surface area contributed by atoms with Gasteiger partial charge >= 0.3 is 0 Å². The molecule has 25 heavy (non-hydrogen) atoms. The Hall–Kier alpha value is -2.70. The van der Waals surface area contributed by atoms with Gasteiger partial charge in [-0.25, -0.2) is 4.98 Å². The number of piperidine rings is 1. The maximum absolute atomic E-state index is 12.9. The van der Waals surface area contributed by atoms with Crippen molar-refractivity contribution in [3.8, 4) is 5.75 Å². The monoisotopic (exact) mass is 342 g/mol. The van der Waals surface area contributed by atoms with Crippen LogP contribution >= 0.6 is 0 Å². The number of aromatic amines is 1. The molecule has 0 saturated carbocycles. The van der Waals surface area contributed by atoms with Gasteiger partial charge in [0, 0.05) is 24.6 Å². The van der Waals surface area contributed by atoms with Gasteiger partial charge in [0.15, 0.2) is 5.78 Å². The number of benzene rings is 1. The number of carbonyl (C=O) groups excluding carboxylic acids is 2. The SMILES string of the molecule is CC(C)Oc1cccc(C(=O)[C@@H]2CCCN(C(=O)c3ncn[nH]3)C2)c1. The van der Waals surface area contributed by atoms with Crippen molar-refractivity contribution in [1.29, 1.82) is 0 Å². The second-order valence-electron chi connectivity index (χ2n) is 6.48. The number of ketones is 1. The molecular formula is C18H22N4O3. The molecule has 1 atom stereocenters. The van der Waals surface area contributed by atoms with Crippen molar-refractivity contribution in [2.45, 2.75) is 32.8 Å². The van der Waals surface area contributed by atoms with E-state index in [9.17, 15) is 9.59 Å². The van der Waals surface area contributed by atoms with E-state index in [4.69, 9.17) is 4.74 Å². The van der Waals surface area contributed by atoms with E-state index in [2.05, 4.69) is 15.2 Å². The van der Waals surface area contributed by atoms with Gasteiger partial charge in [-0.05, 0) is 38.8 Å². The van der Waals surface area contributed by atoms with Gasteiger partial charge in [0.2, 0.25) is 5.82 Å². The fraction of sp³-hybridized carbons (Fsp3) is 0.444. The normalized spacial score (nSPS) is 17.6. The minimum Gasteiger partial charge on any atom is -0.491 e. The maximum Gasteiger partial charge on any atom is 0.291 e. The third kappa shape index (κ3) is 4.04. The lowest BCUT2D eigenvalue weighted by atomic mass is 9.90. The highest BCUT2D eigenvalue weighted by Gasteiger charge is 2.30. The average molecular weight is 342 g/mol. The van der Waals surface area contributed by atoms with E-state index in [0.29, 0.717) is 24.4 Å². The molecule has 1 aliphatic heterocycles. The summed E-state index contributed by atoms with van der Waals surface area (Å²) >= 11 is 0. The van der Waals surface area contributed by atoms with E-state index in [0.717, 1.165) is 12.8 Å². The smallest absolute Gasteiger partial charge is 0.291 e. The summed E-state index contributed by atoms with van der Waals surface area (Å²) in [5.74, 6) is 0.512. The lowest BCUT2D eigenvalue weighted by molar-refractivity contribution is 0.0627. The summed E-state index contributed by atoms with van der Waals surface area (Å²) in [6, 6.07) is 7.24. The molecule has 132 valence electrons. The summed E-state index contributed by atoms with van der Waals surface area (Å²) in [6.07, 6.45) is 2.92. The van der Waals surface area contributed by atoms with Crippen molar-refractivity contribution in [2.24, 2.45) is 5.92 Å². The molecule has 2 aromatic rings. The van der Waals surface area contributed by atoms with Crippen LogP contribution in [0.3, 0.4) is 0 Å². The Balaban J connectivity index is 1.71. The summed E-state index contributed by atoms with van der Waals surface area (Å²) in [5, 5.41) is 6.29. The van der Waals surface area contributed by atoms with E-state index in [1.165, 1.54) is 6.33 Å². The molecule has 1 N–H and O–H groups in total. The number of nitrogens with one attached hydrogen (secondary N) is 1. The molecule has 0 unspecified atom stereocenters. The fourth-order valence-corrected chi connectivity index (χ4v) is 3.06. The first-order valence-corrected chi connectivity index (χ1v) is 8.50. The van der Waals surface area contributed by atoms with Gasteiger partial charge in [0.1, 0.15) is 12.1 Å². The third-order valence-electron chi connectivity index (χ3n) is 4.19. The Bertz CT molecular complexity index is 743. The summed E-state index contributed by atoms with van der Waals surface area (Å²) in [4.78, 5) is 30.8. The number of nitrogens with zero attached hydrogens (tertiary/aromatic N) is 3. The first kappa shape index (κ1) is 17.1. The maximum atomic E-state index is 12.9. The third-order valence-corrected chi connectivity index (χ3v) is 4.19. The highest BCUT2D eigenvalue weighted by molar-refractivity contribution is 5.99. The number of amides is 1. The van der Waals surface area contributed by atoms with Gasteiger partial charge in [0.05, 0.1) is 6.10 Å². The van der Waals surface area contributed by atoms with Crippen LogP contribution in [0.15, 0.2) is 30.6 Å². The van der Waals surface area contributed by atoms with Crippen molar-refractivity contribution >= 4 is 11.7 Å². The van der Waals surface area contributed by atoms with Gasteiger partial charge in [-0.3, -0.25) is 14.7 Å². The summed E-state index contributed by atoms with van der Waals surface area (Å²) in [6.45, 7) is 4.92. The minimum absolute atomic E-state index is 0.0456. The van der Waals surface area contributed by atoms with Gasteiger partial charge in [-0.1, -0.05) is 12.1 Å². The number of likely N-dealkylation sites (tertiary alicyclic amines) is 1. The number of hydrogen-bond acceptors (Lipinski definition) is 5. The molecule has 7 nitrogen and oxygen atoms in total. The van der Waals surface area contributed by atoms with Crippen LogP contribution in [0.4, 0.5) is 0 Å². The summed E-state index contributed by atoms with van der Waals surface area (Å²) < 4.78 is 5.66. The van der Waals surface area contributed by atoms with Crippen molar-refractivity contribution in [1.82, 2.24) is 20.1 Å². The predicted molar refractivity (Wildman–Crippen MR) is 91.5 cm³/mol. The predicted octanol–water partition coefficient (Wildman–Crippen LogP) is 2.33. The molecule has 0 aliphatic carbocycles. The molecule has 1 aromatic heterocycles. The van der Waals surface area contributed by atoms with E-state index < -0.39 is 0 Å². The number of aromatic nitrogens is 3. The molecule has 1 fully saturated rings. The van der Waals surface area contributed by atoms with Crippen molar-refractivity contribution in [3.63, 3.8) is 0 Å². The fourth-order valence-electron chi connectivity index (χ4n) is 3.06. The lowest BCUT2D eigenvalue weighted by Crippen LogP contribution is -2.42. The Morgan fingerprint density at radius 3 is 2.92 bits per heavy atom. The topological polar surface area (TPSA) is 88.2 Å². The van der Waals surface area contributed by atoms with E-state index >= 15 is 0 Å². The quantitative estimate of drug-likeness (QED) is 0.843. The van der Waals surface area contributed by atoms with Crippen LogP contribution in [0, 0.1) is 5.92 Å². The highest BCUT2D eigenvalue weighted by atomic mass is 16.5. The van der Waals surface area contributed by atoms with E-state index in [1.54, 1.807) is 17.0 Å². The zero-order valence-electron chi connectivity index (χ0n) is 14.4. The molecule has 1 aromatic carbocycles. The second-order valence-corrected chi connectivity index (χ2v) is 6.48. The van der Waals surface area contributed by atoms with E-state index in [1.807, 2.05) is 26.0 Å². The van der Waals surface area contributed by atoms with Crippen LogP contribution in [-0.4, -0.2) is 51.0 Å². The van der Waals surface area contributed by atoms with Crippen LogP contribution in [0.2, 0.25) is 0 Å². The van der Waals surface area contributed by atoms with Crippen molar-refractivity contribution in [3.05, 3.63) is 42.0 Å². The highest BCUT2D eigenvalue weighted by Crippen LogP contribution is 2.24. The lowest BCUT2D eigenvalue weighted by Gasteiger charge is -2.31. The molecule has 3 rings (SSSR count). The molecule has 1 amide bonds. The van der Waals surface area contributed by atoms with Crippen LogP contribution in [0.1, 0.15) is 47.7 Å². The van der Waals surface area contributed by atoms with Gasteiger partial charge in [-0.2, -0.15) is 5.10 Å². The molecule has 0 bridgehead atoms. The molecule has 0 spiro atoms. The van der Waals surface area contributed by atoms with Gasteiger partial charge in [-0.15, -0.1) is 0 Å². The number of ether oxygens (including phenoxy) is 1. The Morgan fingerprint density at radius 2 is 2.20 bits per heavy atom. The standard InChI is InChI=1S/C18H22N4O3/c1-12(2)25-15-7-3-5-13(9-15)16(23)14-6-4-8-22(10-14)18(24)17-19-11-20-21-17/h3,5,7,9,11-12,14H,4,6,8,10H2,1-2H3,(H,19,20,21)/t14-/m1/s1. The number of Topliss-reactive ketones (excluding diaryl/α,β-unsaturated/α-hetero) is 1. The van der Waals surface area contributed by atoms with Crippen LogP contribution in [0.5, 0.6) is 5.75 Å². The molecule has 0 radical (unpaired) electrons. The van der Waals surface area contributed by atoms with E-state index in [-0.39, 0.29) is 29.5 Å². The number of hydrogen-bond donors (Lipinski definition) is 1. The molecular weight excluding hydrogens is 320 g/mol. The Labute approximate surface area is 146 Å².